The highest BCUT2D eigenvalue weighted by atomic mass is 19.2. The van der Waals surface area contributed by atoms with Crippen molar-refractivity contribution in [2.45, 2.75) is 109 Å². The molecule has 3 rings (SSSR count). The molecule has 0 radical (unpaired) electrons. The molecule has 0 unspecified atom stereocenters. The second-order valence-electron chi connectivity index (χ2n) is 10.1. The number of hydrogen-bond acceptors (Lipinski definition) is 3. The Morgan fingerprint density at radius 2 is 1.54 bits per heavy atom. The van der Waals surface area contributed by atoms with Gasteiger partial charge in [-0.3, -0.25) is 0 Å². The normalized spacial score (nSPS) is 18.4. The second kappa shape index (κ2) is 15.0. The summed E-state index contributed by atoms with van der Waals surface area (Å²) < 4.78 is 54.2. The summed E-state index contributed by atoms with van der Waals surface area (Å²) in [5.41, 5.74) is 1.93. The highest BCUT2D eigenvalue weighted by Gasteiger charge is 2.28. The molecule has 0 spiro atoms. The van der Waals surface area contributed by atoms with Gasteiger partial charge in [0.2, 0.25) is 5.82 Å². The Labute approximate surface area is 219 Å². The zero-order valence-electron chi connectivity index (χ0n) is 22.2. The molecule has 1 saturated carbocycles. The zero-order chi connectivity index (χ0) is 26.6. The van der Waals surface area contributed by atoms with E-state index in [1.807, 2.05) is 31.2 Å². The third kappa shape index (κ3) is 8.51. The Morgan fingerprint density at radius 3 is 2.22 bits per heavy atom. The van der Waals surface area contributed by atoms with Crippen LogP contribution in [0, 0.1) is 11.6 Å². The Kier molecular flexibility index (Phi) is 11.8. The third-order valence-electron chi connectivity index (χ3n) is 7.27. The first kappa shape index (κ1) is 29.1. The van der Waals surface area contributed by atoms with Crippen LogP contribution in [0.15, 0.2) is 36.4 Å². The summed E-state index contributed by atoms with van der Waals surface area (Å²) in [6.07, 6.45) is 8.31. The number of halogens is 3. The summed E-state index contributed by atoms with van der Waals surface area (Å²) in [7, 11) is 0. The molecule has 3 nitrogen and oxygen atoms in total. The van der Waals surface area contributed by atoms with E-state index in [0.717, 1.165) is 50.5 Å². The van der Waals surface area contributed by atoms with Crippen LogP contribution in [0.2, 0.25) is 0 Å². The first-order chi connectivity index (χ1) is 17.9. The van der Waals surface area contributed by atoms with Gasteiger partial charge in [-0.25, -0.2) is 13.6 Å². The average molecular weight is 519 g/mol. The zero-order valence-corrected chi connectivity index (χ0v) is 22.2. The van der Waals surface area contributed by atoms with Gasteiger partial charge >= 0.3 is 5.97 Å². The minimum atomic E-state index is -1.54. The molecule has 0 amide bonds. The summed E-state index contributed by atoms with van der Waals surface area (Å²) >= 11 is 0. The molecule has 0 aromatic heterocycles. The monoisotopic (exact) mass is 518 g/mol. The van der Waals surface area contributed by atoms with Gasteiger partial charge in [0.25, 0.3) is 0 Å². The number of rotatable bonds is 14. The fourth-order valence-corrected chi connectivity index (χ4v) is 4.94. The van der Waals surface area contributed by atoms with Crippen LogP contribution in [0.3, 0.4) is 0 Å². The molecule has 0 N–H and O–H groups in total. The molecule has 0 heterocycles. The number of benzene rings is 2. The molecule has 37 heavy (non-hydrogen) atoms. The Hall–Kier alpha value is -2.50. The molecule has 1 fully saturated rings. The molecule has 0 aliphatic heterocycles. The number of unbranched alkanes of at least 4 members (excludes halogenated alkanes) is 5. The van der Waals surface area contributed by atoms with E-state index in [0.29, 0.717) is 37.4 Å². The van der Waals surface area contributed by atoms with E-state index in [1.165, 1.54) is 12.5 Å². The largest absolute Gasteiger partial charge is 0.490 e. The van der Waals surface area contributed by atoms with Gasteiger partial charge in [0.05, 0.1) is 6.61 Å². The van der Waals surface area contributed by atoms with E-state index in [-0.39, 0.29) is 23.8 Å². The van der Waals surface area contributed by atoms with Crippen LogP contribution in [0.5, 0.6) is 5.75 Å². The second-order valence-corrected chi connectivity index (χ2v) is 10.1. The van der Waals surface area contributed by atoms with Crippen LogP contribution in [0.4, 0.5) is 13.2 Å². The molecule has 1 atom stereocenters. The van der Waals surface area contributed by atoms with Crippen molar-refractivity contribution in [3.05, 3.63) is 53.6 Å². The number of ether oxygens (including phenoxy) is 2. The van der Waals surface area contributed by atoms with E-state index >= 15 is 0 Å². The number of carbonyl (C=O) groups excluding carboxylic acids is 1. The van der Waals surface area contributed by atoms with Crippen LogP contribution in [-0.4, -0.2) is 24.9 Å². The molecule has 2 aromatic rings. The SMILES string of the molecule is CCCCCCCOc1ccc(-c2ccc([C@H]3CC[C@H](OC(=O)[C@@H](F)CCCC)CC3)cc2)c(F)c1F. The lowest BCUT2D eigenvalue weighted by Crippen LogP contribution is -2.28. The van der Waals surface area contributed by atoms with Crippen LogP contribution in [-0.2, 0) is 9.53 Å². The summed E-state index contributed by atoms with van der Waals surface area (Å²) in [6, 6.07) is 10.6. The topological polar surface area (TPSA) is 35.5 Å². The number of hydrogen-bond donors (Lipinski definition) is 0. The summed E-state index contributed by atoms with van der Waals surface area (Å²) in [5, 5.41) is 0. The van der Waals surface area contributed by atoms with Gasteiger partial charge in [0, 0.05) is 5.56 Å². The molecule has 1 aliphatic carbocycles. The van der Waals surface area contributed by atoms with E-state index in [4.69, 9.17) is 9.47 Å². The average Bonchev–Trinajstić information content (AvgIpc) is 2.92. The van der Waals surface area contributed by atoms with E-state index in [9.17, 15) is 18.0 Å². The van der Waals surface area contributed by atoms with Crippen LogP contribution >= 0.6 is 0 Å². The van der Waals surface area contributed by atoms with Crippen molar-refractivity contribution < 1.29 is 27.4 Å². The van der Waals surface area contributed by atoms with Crippen molar-refractivity contribution in [2.24, 2.45) is 0 Å². The quantitative estimate of drug-likeness (QED) is 0.185. The van der Waals surface area contributed by atoms with E-state index < -0.39 is 23.8 Å². The molecular formula is C31H41F3O3. The van der Waals surface area contributed by atoms with Crippen LogP contribution < -0.4 is 4.74 Å². The highest BCUT2D eigenvalue weighted by Crippen LogP contribution is 2.36. The standard InChI is InChI=1S/C31H41F3O3/c1-3-5-7-8-9-21-36-28-20-19-26(29(33)30(28)34)24-13-11-22(12-14-24)23-15-17-25(18-16-23)37-31(35)27(32)10-6-4-2/h11-14,19-20,23,25,27H,3-10,15-18,21H2,1-2H3/t23-,25-,27-/m0/s1. The first-order valence-corrected chi connectivity index (χ1v) is 14.0. The fourth-order valence-electron chi connectivity index (χ4n) is 4.94. The van der Waals surface area contributed by atoms with Crippen molar-refractivity contribution in [2.75, 3.05) is 6.61 Å². The molecule has 0 saturated heterocycles. The number of carbonyl (C=O) groups is 1. The Bertz CT molecular complexity index is 968. The maximum Gasteiger partial charge on any atom is 0.340 e. The predicted octanol–water partition coefficient (Wildman–Crippen LogP) is 9.08. The molecule has 204 valence electrons. The lowest BCUT2D eigenvalue weighted by Gasteiger charge is -2.29. The van der Waals surface area contributed by atoms with Gasteiger partial charge in [-0.15, -0.1) is 0 Å². The van der Waals surface area contributed by atoms with Crippen LogP contribution in [0.25, 0.3) is 11.1 Å². The van der Waals surface area contributed by atoms with E-state index in [2.05, 4.69) is 6.92 Å². The molecule has 6 heteroatoms. The Morgan fingerprint density at radius 1 is 0.865 bits per heavy atom. The molecule has 2 aromatic carbocycles. The van der Waals surface area contributed by atoms with Crippen molar-refractivity contribution in [3.8, 4) is 16.9 Å². The summed E-state index contributed by atoms with van der Waals surface area (Å²) in [6.45, 7) is 4.49. The van der Waals surface area contributed by atoms with Crippen LogP contribution in [0.1, 0.15) is 102 Å². The maximum absolute atomic E-state index is 14.8. The van der Waals surface area contributed by atoms with Crippen molar-refractivity contribution in [1.29, 1.82) is 0 Å². The smallest absolute Gasteiger partial charge is 0.340 e. The van der Waals surface area contributed by atoms with Gasteiger partial charge in [-0.1, -0.05) is 76.6 Å². The molecule has 0 bridgehead atoms. The minimum absolute atomic E-state index is 0.0460. The van der Waals surface area contributed by atoms with Gasteiger partial charge < -0.3 is 9.47 Å². The molecular weight excluding hydrogens is 477 g/mol. The lowest BCUT2D eigenvalue weighted by molar-refractivity contribution is -0.157. The first-order valence-electron chi connectivity index (χ1n) is 14.0. The minimum Gasteiger partial charge on any atom is -0.490 e. The van der Waals surface area contributed by atoms with Crippen molar-refractivity contribution in [1.82, 2.24) is 0 Å². The highest BCUT2D eigenvalue weighted by molar-refractivity contribution is 5.74. The van der Waals surface area contributed by atoms with Gasteiger partial charge in [0.1, 0.15) is 6.10 Å². The van der Waals surface area contributed by atoms with E-state index in [1.54, 1.807) is 6.07 Å². The van der Waals surface area contributed by atoms with Gasteiger partial charge in [0.15, 0.2) is 17.7 Å². The maximum atomic E-state index is 14.8. The predicted molar refractivity (Wildman–Crippen MR) is 142 cm³/mol. The van der Waals surface area contributed by atoms with Gasteiger partial charge in [-0.2, -0.15) is 4.39 Å². The third-order valence-corrected chi connectivity index (χ3v) is 7.27. The van der Waals surface area contributed by atoms with Crippen molar-refractivity contribution in [3.63, 3.8) is 0 Å². The van der Waals surface area contributed by atoms with Crippen molar-refractivity contribution >= 4 is 5.97 Å². The summed E-state index contributed by atoms with van der Waals surface area (Å²) in [5.74, 6) is -2.34. The number of esters is 1. The summed E-state index contributed by atoms with van der Waals surface area (Å²) in [4.78, 5) is 12.0. The fraction of sp³-hybridized carbons (Fsp3) is 0.581. The molecule has 1 aliphatic rings. The lowest BCUT2D eigenvalue weighted by atomic mass is 9.82. The number of alkyl halides is 1. The Balaban J connectivity index is 1.52. The van der Waals surface area contributed by atoms with Gasteiger partial charge in [-0.05, 0) is 67.7 Å².